The van der Waals surface area contributed by atoms with E-state index in [1.165, 1.54) is 6.07 Å². The van der Waals surface area contributed by atoms with Crippen LogP contribution in [0.15, 0.2) is 54.6 Å². The second kappa shape index (κ2) is 8.81. The van der Waals surface area contributed by atoms with Crippen LogP contribution in [0.4, 0.5) is 4.79 Å². The minimum absolute atomic E-state index is 0.118. The first-order chi connectivity index (χ1) is 11.6. The quantitative estimate of drug-likeness (QED) is 0.674. The van der Waals surface area contributed by atoms with Crippen molar-refractivity contribution >= 4 is 12.4 Å². The Kier molecular flexibility index (Phi) is 6.48. The number of ether oxygens (including phenoxy) is 1. The maximum atomic E-state index is 11.6. The van der Waals surface area contributed by atoms with Gasteiger partial charge in [-0.25, -0.2) is 4.79 Å². The molecule has 0 saturated heterocycles. The predicted octanol–water partition coefficient (Wildman–Crippen LogP) is 1.82. The first-order valence-electron chi connectivity index (χ1n) is 7.46. The number of hydrogen-bond donors (Lipinski definition) is 3. The van der Waals surface area contributed by atoms with Crippen molar-refractivity contribution in [1.82, 2.24) is 5.32 Å². The monoisotopic (exact) mass is 329 g/mol. The van der Waals surface area contributed by atoms with E-state index < -0.39 is 18.3 Å². The second-order valence-electron chi connectivity index (χ2n) is 5.24. The van der Waals surface area contributed by atoms with Crippen LogP contribution in [-0.4, -0.2) is 35.2 Å². The highest BCUT2D eigenvalue weighted by Gasteiger charge is 2.19. The van der Waals surface area contributed by atoms with E-state index in [2.05, 4.69) is 5.32 Å². The van der Waals surface area contributed by atoms with Crippen LogP contribution in [-0.2, 0) is 11.3 Å². The minimum Gasteiger partial charge on any atom is -0.445 e. The van der Waals surface area contributed by atoms with Gasteiger partial charge >= 0.3 is 6.09 Å². The van der Waals surface area contributed by atoms with E-state index in [-0.39, 0.29) is 13.2 Å². The van der Waals surface area contributed by atoms with Crippen LogP contribution in [0.3, 0.4) is 0 Å². The number of carbonyl (C=O) groups is 2. The molecule has 0 aliphatic carbocycles. The minimum atomic E-state index is -1.23. The third-order valence-corrected chi connectivity index (χ3v) is 3.42. The fourth-order valence-corrected chi connectivity index (χ4v) is 2.11. The van der Waals surface area contributed by atoms with Gasteiger partial charge in [0.05, 0.1) is 0 Å². The molecule has 0 aromatic heterocycles. The summed E-state index contributed by atoms with van der Waals surface area (Å²) in [6.07, 6.45) is -2.48. The Morgan fingerprint density at radius 1 is 1.12 bits per heavy atom. The van der Waals surface area contributed by atoms with Gasteiger partial charge in [0.25, 0.3) is 0 Å². The molecule has 0 heterocycles. The molecule has 24 heavy (non-hydrogen) atoms. The number of hydrogen-bond acceptors (Lipinski definition) is 5. The number of benzene rings is 2. The van der Waals surface area contributed by atoms with Gasteiger partial charge in [0.15, 0.2) is 0 Å². The van der Waals surface area contributed by atoms with Gasteiger partial charge in [-0.3, -0.25) is 4.79 Å². The lowest BCUT2D eigenvalue weighted by Crippen LogP contribution is -2.35. The summed E-state index contributed by atoms with van der Waals surface area (Å²) in [7, 11) is 0. The average molecular weight is 329 g/mol. The van der Waals surface area contributed by atoms with Crippen LogP contribution in [0, 0.1) is 0 Å². The molecule has 2 atom stereocenters. The van der Waals surface area contributed by atoms with Crippen LogP contribution in [0.25, 0.3) is 0 Å². The maximum Gasteiger partial charge on any atom is 0.407 e. The zero-order valence-corrected chi connectivity index (χ0v) is 13.0. The fourth-order valence-electron chi connectivity index (χ4n) is 2.11. The maximum absolute atomic E-state index is 11.6. The zero-order valence-electron chi connectivity index (χ0n) is 13.0. The molecule has 0 aliphatic rings. The molecule has 2 rings (SSSR count). The van der Waals surface area contributed by atoms with Crippen LogP contribution in [0.2, 0.25) is 0 Å². The summed E-state index contributed by atoms with van der Waals surface area (Å²) < 4.78 is 5.01. The van der Waals surface area contributed by atoms with Gasteiger partial charge < -0.3 is 20.3 Å². The summed E-state index contributed by atoms with van der Waals surface area (Å²) in [5.41, 5.74) is 1.64. The lowest BCUT2D eigenvalue weighted by atomic mass is 10.0. The lowest BCUT2D eigenvalue weighted by molar-refractivity contribution is 0.0184. The van der Waals surface area contributed by atoms with Crippen molar-refractivity contribution in [1.29, 1.82) is 0 Å². The van der Waals surface area contributed by atoms with Gasteiger partial charge in [-0.15, -0.1) is 0 Å². The van der Waals surface area contributed by atoms with Crippen molar-refractivity contribution in [3.63, 3.8) is 0 Å². The Hall–Kier alpha value is -2.70. The smallest absolute Gasteiger partial charge is 0.407 e. The van der Waals surface area contributed by atoms with E-state index in [0.717, 1.165) is 5.56 Å². The largest absolute Gasteiger partial charge is 0.445 e. The SMILES string of the molecule is O=Cc1cccc(C(O)C(O)CNC(=O)OCc2ccccc2)c1. The number of alkyl carbamates (subject to hydrolysis) is 1. The second-order valence-corrected chi connectivity index (χ2v) is 5.24. The van der Waals surface area contributed by atoms with Gasteiger partial charge in [-0.1, -0.05) is 48.5 Å². The number of aliphatic hydroxyl groups excluding tert-OH is 2. The molecule has 1 amide bonds. The normalized spacial score (nSPS) is 12.9. The molecule has 0 saturated carbocycles. The van der Waals surface area contributed by atoms with E-state index in [9.17, 15) is 19.8 Å². The summed E-state index contributed by atoms with van der Waals surface area (Å²) in [4.78, 5) is 22.3. The van der Waals surface area contributed by atoms with Gasteiger partial charge in [-0.05, 0) is 17.2 Å². The van der Waals surface area contributed by atoms with Gasteiger partial charge in [-0.2, -0.15) is 0 Å². The molecule has 3 N–H and O–H groups in total. The number of rotatable bonds is 7. The number of amides is 1. The Bertz CT molecular complexity index is 674. The number of nitrogens with one attached hydrogen (secondary N) is 1. The molecule has 2 aromatic rings. The molecule has 6 nitrogen and oxygen atoms in total. The molecule has 0 radical (unpaired) electrons. The summed E-state index contributed by atoms with van der Waals surface area (Å²) in [6.45, 7) is -0.0627. The van der Waals surface area contributed by atoms with E-state index in [1.54, 1.807) is 18.2 Å². The summed E-state index contributed by atoms with van der Waals surface area (Å²) in [6, 6.07) is 15.5. The standard InChI is InChI=1S/C18H19NO5/c20-11-14-7-4-8-15(9-14)17(22)16(21)10-19-18(23)24-12-13-5-2-1-3-6-13/h1-9,11,16-17,21-22H,10,12H2,(H,19,23). The third kappa shape index (κ3) is 5.19. The van der Waals surface area contributed by atoms with Crippen LogP contribution in [0.5, 0.6) is 0 Å². The fraction of sp³-hybridized carbons (Fsp3) is 0.222. The summed E-state index contributed by atoms with van der Waals surface area (Å²) in [5, 5.41) is 22.4. The molecule has 0 fully saturated rings. The summed E-state index contributed by atoms with van der Waals surface area (Å²) in [5.74, 6) is 0. The molecule has 126 valence electrons. The van der Waals surface area contributed by atoms with Gasteiger partial charge in [0, 0.05) is 12.1 Å². The molecule has 0 bridgehead atoms. The van der Waals surface area contributed by atoms with Crippen molar-refractivity contribution in [2.75, 3.05) is 6.54 Å². The average Bonchev–Trinajstić information content (AvgIpc) is 2.64. The van der Waals surface area contributed by atoms with E-state index in [1.807, 2.05) is 30.3 Å². The zero-order chi connectivity index (χ0) is 17.4. The summed E-state index contributed by atoms with van der Waals surface area (Å²) >= 11 is 0. The van der Waals surface area contributed by atoms with Crippen LogP contribution < -0.4 is 5.32 Å². The number of aliphatic hydroxyl groups is 2. The van der Waals surface area contributed by atoms with Crippen molar-refractivity contribution in [2.45, 2.75) is 18.8 Å². The van der Waals surface area contributed by atoms with Gasteiger partial charge in [0.2, 0.25) is 0 Å². The topological polar surface area (TPSA) is 95.9 Å². The Morgan fingerprint density at radius 3 is 2.58 bits per heavy atom. The first kappa shape index (κ1) is 17.7. The molecule has 0 aliphatic heterocycles. The third-order valence-electron chi connectivity index (χ3n) is 3.42. The van der Waals surface area contributed by atoms with E-state index >= 15 is 0 Å². The highest BCUT2D eigenvalue weighted by Crippen LogP contribution is 2.17. The lowest BCUT2D eigenvalue weighted by Gasteiger charge is -2.18. The Morgan fingerprint density at radius 2 is 1.88 bits per heavy atom. The highest BCUT2D eigenvalue weighted by atomic mass is 16.5. The molecule has 0 spiro atoms. The number of carbonyl (C=O) groups excluding carboxylic acids is 2. The van der Waals surface area contributed by atoms with E-state index in [4.69, 9.17) is 4.74 Å². The van der Waals surface area contributed by atoms with Crippen molar-refractivity contribution < 1.29 is 24.5 Å². The van der Waals surface area contributed by atoms with Crippen molar-refractivity contribution in [2.24, 2.45) is 0 Å². The number of aldehydes is 1. The highest BCUT2D eigenvalue weighted by molar-refractivity contribution is 5.75. The Labute approximate surface area is 139 Å². The molecular formula is C18H19NO5. The van der Waals surface area contributed by atoms with E-state index in [0.29, 0.717) is 17.4 Å². The van der Waals surface area contributed by atoms with Crippen molar-refractivity contribution in [3.05, 3.63) is 71.3 Å². The van der Waals surface area contributed by atoms with Crippen LogP contribution >= 0.6 is 0 Å². The molecule has 6 heteroatoms. The predicted molar refractivity (Wildman–Crippen MR) is 87.4 cm³/mol. The molecular weight excluding hydrogens is 310 g/mol. The first-order valence-corrected chi connectivity index (χ1v) is 7.46. The molecule has 2 aromatic carbocycles. The Balaban J connectivity index is 1.79. The molecule has 2 unspecified atom stereocenters. The van der Waals surface area contributed by atoms with Crippen LogP contribution in [0.1, 0.15) is 27.6 Å². The van der Waals surface area contributed by atoms with Crippen molar-refractivity contribution in [3.8, 4) is 0 Å². The van der Waals surface area contributed by atoms with Gasteiger partial charge in [0.1, 0.15) is 25.1 Å².